The molecule has 4 rings (SSSR count). The maximum atomic E-state index is 14.4. The molecule has 0 unspecified atom stereocenters. The molecule has 0 aromatic heterocycles. The van der Waals surface area contributed by atoms with E-state index in [1.807, 2.05) is 30.3 Å². The number of allylic oxidation sites excluding steroid dienone is 1. The molecule has 3 fully saturated rings. The molecule has 2 aliphatic carbocycles. The lowest BCUT2D eigenvalue weighted by molar-refractivity contribution is -0.145. The van der Waals surface area contributed by atoms with Gasteiger partial charge in [-0.25, -0.2) is 4.79 Å². The summed E-state index contributed by atoms with van der Waals surface area (Å²) >= 11 is 0. The SMILES string of the molecule is C=CCC[C@H](NC(=O)[C@@H]1[C@@H]2[C@H](CN1C(=O)[C@@H](NC(=O)OC(C)(C)C)C1CCCCC1)C2(C)C)C(=O)C(=O)NCCC(=O)N(C)Cc1ccccc1. The van der Waals surface area contributed by atoms with Gasteiger partial charge in [0.1, 0.15) is 17.7 Å². The largest absolute Gasteiger partial charge is 0.444 e. The van der Waals surface area contributed by atoms with E-state index in [2.05, 4.69) is 36.4 Å². The molecule has 0 radical (unpaired) electrons. The molecule has 1 aromatic carbocycles. The van der Waals surface area contributed by atoms with Gasteiger partial charge in [0.15, 0.2) is 0 Å². The summed E-state index contributed by atoms with van der Waals surface area (Å²) in [4.78, 5) is 83.7. The summed E-state index contributed by atoms with van der Waals surface area (Å²) in [5.74, 6) is -2.91. The van der Waals surface area contributed by atoms with E-state index in [0.717, 1.165) is 37.7 Å². The second-order valence-electron chi connectivity index (χ2n) is 15.9. The maximum absolute atomic E-state index is 14.4. The summed E-state index contributed by atoms with van der Waals surface area (Å²) in [6, 6.07) is 6.65. The fourth-order valence-electron chi connectivity index (χ4n) is 7.75. The summed E-state index contributed by atoms with van der Waals surface area (Å²) in [5.41, 5.74) is 0.0238. The number of hydrogen-bond acceptors (Lipinski definition) is 7. The number of piperidine rings is 1. The average molecular weight is 708 g/mol. The minimum absolute atomic E-state index is 0.00280. The highest BCUT2D eigenvalue weighted by Gasteiger charge is 2.69. The van der Waals surface area contributed by atoms with E-state index in [1.54, 1.807) is 43.7 Å². The van der Waals surface area contributed by atoms with Crippen LogP contribution in [0.25, 0.3) is 0 Å². The quantitative estimate of drug-likeness (QED) is 0.183. The Hall–Kier alpha value is -4.22. The van der Waals surface area contributed by atoms with Crippen LogP contribution in [0.5, 0.6) is 0 Å². The Bertz CT molecular complexity index is 1450. The van der Waals surface area contributed by atoms with Gasteiger partial charge in [-0.05, 0) is 75.2 Å². The van der Waals surface area contributed by atoms with Gasteiger partial charge in [-0.2, -0.15) is 0 Å². The van der Waals surface area contributed by atoms with Crippen LogP contribution in [0.3, 0.4) is 0 Å². The lowest BCUT2D eigenvalue weighted by Gasteiger charge is -2.37. The minimum Gasteiger partial charge on any atom is -0.444 e. The number of fused-ring (bicyclic) bond motifs is 1. The smallest absolute Gasteiger partial charge is 0.408 e. The molecule has 5 amide bonds. The van der Waals surface area contributed by atoms with Crippen molar-refractivity contribution in [2.75, 3.05) is 20.1 Å². The molecule has 0 spiro atoms. The number of Topliss-reactive ketones (excluding diaryl/α,β-unsaturated/α-hetero) is 1. The minimum atomic E-state index is -1.15. The summed E-state index contributed by atoms with van der Waals surface area (Å²) in [7, 11) is 1.68. The first-order chi connectivity index (χ1) is 24.0. The van der Waals surface area contributed by atoms with Gasteiger partial charge in [-0.15, -0.1) is 6.58 Å². The van der Waals surface area contributed by atoms with Gasteiger partial charge in [0.05, 0.1) is 6.04 Å². The number of carbonyl (C=O) groups excluding carboxylic acids is 6. The van der Waals surface area contributed by atoms with E-state index >= 15 is 0 Å². The number of carbonyl (C=O) groups is 6. The molecule has 3 N–H and O–H groups in total. The Labute approximate surface area is 302 Å². The van der Waals surface area contributed by atoms with Crippen LogP contribution in [0.2, 0.25) is 0 Å². The van der Waals surface area contributed by atoms with Crippen molar-refractivity contribution >= 4 is 35.5 Å². The highest BCUT2D eigenvalue weighted by molar-refractivity contribution is 6.38. The van der Waals surface area contributed by atoms with E-state index in [1.165, 1.54) is 0 Å². The predicted molar refractivity (Wildman–Crippen MR) is 193 cm³/mol. The third-order valence-electron chi connectivity index (χ3n) is 10.6. The van der Waals surface area contributed by atoms with Gasteiger partial charge in [0.2, 0.25) is 23.5 Å². The first-order valence-electron chi connectivity index (χ1n) is 18.4. The molecule has 1 saturated heterocycles. The first-order valence-corrected chi connectivity index (χ1v) is 18.4. The molecule has 12 nitrogen and oxygen atoms in total. The topological polar surface area (TPSA) is 154 Å². The molecular formula is C39H57N5O7. The van der Waals surface area contributed by atoms with E-state index in [0.29, 0.717) is 19.5 Å². The first kappa shape index (κ1) is 39.6. The van der Waals surface area contributed by atoms with Crippen molar-refractivity contribution < 1.29 is 33.5 Å². The number of hydrogen-bond donors (Lipinski definition) is 3. The van der Waals surface area contributed by atoms with Gasteiger partial charge in [0, 0.05) is 33.1 Å². The van der Waals surface area contributed by atoms with Crippen molar-refractivity contribution in [1.29, 1.82) is 0 Å². The van der Waals surface area contributed by atoms with Crippen molar-refractivity contribution in [3.8, 4) is 0 Å². The second kappa shape index (κ2) is 16.9. The zero-order valence-electron chi connectivity index (χ0n) is 31.2. The third-order valence-corrected chi connectivity index (χ3v) is 10.6. The fourth-order valence-corrected chi connectivity index (χ4v) is 7.75. The van der Waals surface area contributed by atoms with Crippen LogP contribution in [0, 0.1) is 23.2 Å². The molecule has 51 heavy (non-hydrogen) atoms. The Kier molecular flexibility index (Phi) is 13.1. The van der Waals surface area contributed by atoms with E-state index in [-0.39, 0.29) is 54.4 Å². The average Bonchev–Trinajstić information content (AvgIpc) is 3.38. The number of amides is 5. The maximum Gasteiger partial charge on any atom is 0.408 e. The Morgan fingerprint density at radius 2 is 1.71 bits per heavy atom. The van der Waals surface area contributed by atoms with Crippen LogP contribution in [0.1, 0.15) is 91.5 Å². The summed E-state index contributed by atoms with van der Waals surface area (Å²) in [5, 5.41) is 8.20. The number of alkyl carbamates (subject to hydrolysis) is 1. The number of ketones is 1. The van der Waals surface area contributed by atoms with Crippen LogP contribution in [0.15, 0.2) is 43.0 Å². The number of benzene rings is 1. The summed E-state index contributed by atoms with van der Waals surface area (Å²) in [6.07, 6.45) is 5.94. The van der Waals surface area contributed by atoms with Crippen LogP contribution < -0.4 is 16.0 Å². The lowest BCUT2D eigenvalue weighted by Crippen LogP contribution is -2.59. The number of rotatable bonds is 15. The normalized spacial score (nSPS) is 22.1. The van der Waals surface area contributed by atoms with Crippen LogP contribution in [0.4, 0.5) is 4.79 Å². The van der Waals surface area contributed by atoms with Crippen molar-refractivity contribution in [2.24, 2.45) is 23.2 Å². The standard InChI is InChI=1S/C39H57N5O7/c1-8-9-20-28(33(46)35(48)40-22-21-29(45)43(7)23-25-16-12-10-13-17-25)41-34(47)32-30-27(39(30,5)6)24-44(32)36(49)31(26-18-14-11-15-19-26)42-37(50)51-38(2,3)4/h8,10,12-13,16-17,26-28,30-32H,1,9,11,14-15,18-24H2,2-7H3,(H,40,48)(H,41,47)(H,42,50)/t27-,28-,30-,31-,32-/m0/s1. The Morgan fingerprint density at radius 1 is 1.04 bits per heavy atom. The molecule has 0 bridgehead atoms. The molecule has 5 atom stereocenters. The molecule has 1 aliphatic heterocycles. The fraction of sp³-hybridized carbons (Fsp3) is 0.641. The predicted octanol–water partition coefficient (Wildman–Crippen LogP) is 4.13. The van der Waals surface area contributed by atoms with E-state index < -0.39 is 47.4 Å². The second-order valence-corrected chi connectivity index (χ2v) is 15.9. The zero-order valence-corrected chi connectivity index (χ0v) is 31.2. The van der Waals surface area contributed by atoms with Gasteiger partial charge < -0.3 is 30.5 Å². The van der Waals surface area contributed by atoms with Crippen molar-refractivity contribution in [3.05, 3.63) is 48.6 Å². The lowest BCUT2D eigenvalue weighted by atomic mass is 9.83. The van der Waals surface area contributed by atoms with E-state index in [9.17, 15) is 28.8 Å². The van der Waals surface area contributed by atoms with Crippen LogP contribution >= 0.6 is 0 Å². The Balaban J connectivity index is 1.43. The van der Waals surface area contributed by atoms with Crippen molar-refractivity contribution in [2.45, 2.75) is 116 Å². The molecule has 3 aliphatic rings. The zero-order chi connectivity index (χ0) is 37.5. The Morgan fingerprint density at radius 3 is 2.33 bits per heavy atom. The molecule has 12 heteroatoms. The number of ether oxygens (including phenoxy) is 1. The third kappa shape index (κ3) is 10.2. The molecule has 1 heterocycles. The van der Waals surface area contributed by atoms with Gasteiger partial charge in [-0.1, -0.05) is 69.5 Å². The highest BCUT2D eigenvalue weighted by Crippen LogP contribution is 2.65. The highest BCUT2D eigenvalue weighted by atomic mass is 16.6. The van der Waals surface area contributed by atoms with Crippen molar-refractivity contribution in [3.63, 3.8) is 0 Å². The molecule has 2 saturated carbocycles. The number of nitrogens with one attached hydrogen (secondary N) is 3. The molecular weight excluding hydrogens is 650 g/mol. The van der Waals surface area contributed by atoms with Crippen LogP contribution in [-0.4, -0.2) is 89.2 Å². The van der Waals surface area contributed by atoms with Gasteiger partial charge in [0.25, 0.3) is 5.91 Å². The van der Waals surface area contributed by atoms with Gasteiger partial charge >= 0.3 is 6.09 Å². The van der Waals surface area contributed by atoms with Gasteiger partial charge in [-0.3, -0.25) is 24.0 Å². The number of likely N-dealkylation sites (tertiary alicyclic amines) is 1. The molecule has 1 aromatic rings. The molecule has 280 valence electrons. The monoisotopic (exact) mass is 707 g/mol. The van der Waals surface area contributed by atoms with E-state index in [4.69, 9.17) is 4.74 Å². The van der Waals surface area contributed by atoms with Crippen LogP contribution in [-0.2, 0) is 35.3 Å². The summed E-state index contributed by atoms with van der Waals surface area (Å²) in [6.45, 7) is 13.9. The summed E-state index contributed by atoms with van der Waals surface area (Å²) < 4.78 is 5.52. The van der Waals surface area contributed by atoms with Crippen molar-refractivity contribution in [1.82, 2.24) is 25.8 Å². The number of nitrogens with zero attached hydrogens (tertiary/aromatic N) is 2.